The molecule has 0 saturated heterocycles. The summed E-state index contributed by atoms with van der Waals surface area (Å²) < 4.78 is 5.56. The Morgan fingerprint density at radius 1 is 1.20 bits per heavy atom. The van der Waals surface area contributed by atoms with Gasteiger partial charge < -0.3 is 9.73 Å². The first-order valence-corrected chi connectivity index (χ1v) is 7.45. The molecule has 1 heterocycles. The molecule has 2 aromatic rings. The number of nitrogens with one attached hydrogen (secondary N) is 1. The summed E-state index contributed by atoms with van der Waals surface area (Å²) in [7, 11) is 0. The fourth-order valence-electron chi connectivity index (χ4n) is 3.06. The molecule has 20 heavy (non-hydrogen) atoms. The van der Waals surface area contributed by atoms with E-state index in [1.165, 1.54) is 10.9 Å². The third-order valence-corrected chi connectivity index (χ3v) is 4.30. The van der Waals surface area contributed by atoms with Crippen LogP contribution in [0.1, 0.15) is 31.2 Å². The minimum absolute atomic E-state index is 0.283. The maximum atomic E-state index is 8.90. The fourth-order valence-corrected chi connectivity index (χ4v) is 3.06. The van der Waals surface area contributed by atoms with Crippen molar-refractivity contribution in [1.29, 1.82) is 5.26 Å². The van der Waals surface area contributed by atoms with Gasteiger partial charge in [0.15, 0.2) is 0 Å². The van der Waals surface area contributed by atoms with Gasteiger partial charge in [0.25, 0.3) is 0 Å². The van der Waals surface area contributed by atoms with Gasteiger partial charge in [0, 0.05) is 17.3 Å². The molecule has 0 aliphatic heterocycles. The number of benzene rings is 1. The lowest BCUT2D eigenvalue weighted by Crippen LogP contribution is -2.34. The number of hydrogen-bond donors (Lipinski definition) is 1. The van der Waals surface area contributed by atoms with Gasteiger partial charge in [0.05, 0.1) is 12.3 Å². The monoisotopic (exact) mass is 268 g/mol. The molecular formula is C17H20N2O. The molecule has 3 nitrogen and oxygen atoms in total. The second-order valence-electron chi connectivity index (χ2n) is 5.64. The summed E-state index contributed by atoms with van der Waals surface area (Å²) >= 11 is 0. The SMILES string of the molecule is N#CC1CCC(NCCc2coc3ccccc23)CC1. The van der Waals surface area contributed by atoms with Crippen LogP contribution in [0.3, 0.4) is 0 Å². The van der Waals surface area contributed by atoms with Crippen LogP contribution in [-0.2, 0) is 6.42 Å². The molecule has 0 spiro atoms. The van der Waals surface area contributed by atoms with Gasteiger partial charge in [-0.2, -0.15) is 5.26 Å². The zero-order valence-corrected chi connectivity index (χ0v) is 11.6. The lowest BCUT2D eigenvalue weighted by Gasteiger charge is -2.25. The molecule has 1 N–H and O–H groups in total. The maximum Gasteiger partial charge on any atom is 0.134 e. The van der Waals surface area contributed by atoms with Gasteiger partial charge in [-0.05, 0) is 50.3 Å². The van der Waals surface area contributed by atoms with Crippen LogP contribution in [0.25, 0.3) is 11.0 Å². The molecule has 0 bridgehead atoms. The molecule has 1 fully saturated rings. The van der Waals surface area contributed by atoms with E-state index in [1.807, 2.05) is 18.4 Å². The first kappa shape index (κ1) is 13.2. The molecule has 1 aliphatic carbocycles. The van der Waals surface area contributed by atoms with E-state index >= 15 is 0 Å². The van der Waals surface area contributed by atoms with Gasteiger partial charge >= 0.3 is 0 Å². The Morgan fingerprint density at radius 2 is 2.00 bits per heavy atom. The summed E-state index contributed by atoms with van der Waals surface area (Å²) in [6.45, 7) is 0.978. The van der Waals surface area contributed by atoms with E-state index < -0.39 is 0 Å². The van der Waals surface area contributed by atoms with E-state index in [9.17, 15) is 0 Å². The Hall–Kier alpha value is -1.79. The average molecular weight is 268 g/mol. The molecule has 3 heteroatoms. The maximum absolute atomic E-state index is 8.90. The third-order valence-electron chi connectivity index (χ3n) is 4.30. The molecule has 0 amide bonds. The Labute approximate surface area is 119 Å². The molecule has 1 aliphatic rings. The third kappa shape index (κ3) is 2.86. The number of nitrogens with zero attached hydrogens (tertiary/aromatic N) is 1. The highest BCUT2D eigenvalue weighted by atomic mass is 16.3. The number of nitriles is 1. The molecule has 104 valence electrons. The summed E-state index contributed by atoms with van der Waals surface area (Å²) in [6.07, 6.45) is 7.22. The van der Waals surface area contributed by atoms with Crippen LogP contribution < -0.4 is 5.32 Å². The molecule has 3 rings (SSSR count). The summed E-state index contributed by atoms with van der Waals surface area (Å²) in [5.74, 6) is 0.283. The van der Waals surface area contributed by atoms with Crippen molar-refractivity contribution >= 4 is 11.0 Å². The van der Waals surface area contributed by atoms with Crippen molar-refractivity contribution in [3.63, 3.8) is 0 Å². The first-order chi connectivity index (χ1) is 9.86. The van der Waals surface area contributed by atoms with E-state index in [-0.39, 0.29) is 5.92 Å². The van der Waals surface area contributed by atoms with Gasteiger partial charge in [0.2, 0.25) is 0 Å². The van der Waals surface area contributed by atoms with E-state index in [1.54, 1.807) is 0 Å². The minimum Gasteiger partial charge on any atom is -0.464 e. The molecule has 1 aromatic heterocycles. The van der Waals surface area contributed by atoms with Gasteiger partial charge in [-0.3, -0.25) is 0 Å². The molecular weight excluding hydrogens is 248 g/mol. The van der Waals surface area contributed by atoms with Crippen molar-refractivity contribution in [2.45, 2.75) is 38.1 Å². The van der Waals surface area contributed by atoms with Crippen LogP contribution in [-0.4, -0.2) is 12.6 Å². The molecule has 0 atom stereocenters. The van der Waals surface area contributed by atoms with Crippen LogP contribution in [0.2, 0.25) is 0 Å². The van der Waals surface area contributed by atoms with Crippen LogP contribution in [0, 0.1) is 17.2 Å². The molecule has 1 aromatic carbocycles. The smallest absolute Gasteiger partial charge is 0.134 e. The number of fused-ring (bicyclic) bond motifs is 1. The number of para-hydroxylation sites is 1. The summed E-state index contributed by atoms with van der Waals surface area (Å²) in [5.41, 5.74) is 2.25. The van der Waals surface area contributed by atoms with Crippen molar-refractivity contribution in [1.82, 2.24) is 5.32 Å². The number of furan rings is 1. The van der Waals surface area contributed by atoms with Crippen molar-refractivity contribution in [2.24, 2.45) is 5.92 Å². The molecule has 0 radical (unpaired) electrons. The van der Waals surface area contributed by atoms with Crippen molar-refractivity contribution < 1.29 is 4.42 Å². The molecule has 1 saturated carbocycles. The van der Waals surface area contributed by atoms with E-state index in [4.69, 9.17) is 9.68 Å². The average Bonchev–Trinajstić information content (AvgIpc) is 2.92. The minimum atomic E-state index is 0.283. The largest absolute Gasteiger partial charge is 0.464 e. The molecule has 0 unspecified atom stereocenters. The topological polar surface area (TPSA) is 49.0 Å². The highest BCUT2D eigenvalue weighted by Gasteiger charge is 2.20. The van der Waals surface area contributed by atoms with Crippen LogP contribution in [0.15, 0.2) is 34.9 Å². The van der Waals surface area contributed by atoms with Gasteiger partial charge in [0.1, 0.15) is 5.58 Å². The van der Waals surface area contributed by atoms with Crippen LogP contribution in [0.4, 0.5) is 0 Å². The quantitative estimate of drug-likeness (QED) is 0.920. The Bertz CT molecular complexity index is 603. The zero-order chi connectivity index (χ0) is 13.8. The Kier molecular flexibility index (Phi) is 4.03. The van der Waals surface area contributed by atoms with E-state index in [0.29, 0.717) is 6.04 Å². The highest BCUT2D eigenvalue weighted by Crippen LogP contribution is 2.24. The van der Waals surface area contributed by atoms with Gasteiger partial charge in [-0.1, -0.05) is 18.2 Å². The van der Waals surface area contributed by atoms with Crippen LogP contribution in [0.5, 0.6) is 0 Å². The predicted molar refractivity (Wildman–Crippen MR) is 79.3 cm³/mol. The summed E-state index contributed by atoms with van der Waals surface area (Å²) in [6, 6.07) is 11.1. The summed E-state index contributed by atoms with van der Waals surface area (Å²) in [4.78, 5) is 0. The van der Waals surface area contributed by atoms with Crippen molar-refractivity contribution in [2.75, 3.05) is 6.54 Å². The fraction of sp³-hybridized carbons (Fsp3) is 0.471. The lowest BCUT2D eigenvalue weighted by molar-refractivity contribution is 0.334. The Balaban J connectivity index is 1.50. The second-order valence-corrected chi connectivity index (χ2v) is 5.64. The Morgan fingerprint density at radius 3 is 2.80 bits per heavy atom. The normalized spacial score (nSPS) is 22.8. The second kappa shape index (κ2) is 6.11. The number of hydrogen-bond acceptors (Lipinski definition) is 3. The van der Waals surface area contributed by atoms with E-state index in [0.717, 1.165) is 44.2 Å². The zero-order valence-electron chi connectivity index (χ0n) is 11.6. The van der Waals surface area contributed by atoms with Crippen molar-refractivity contribution in [3.8, 4) is 6.07 Å². The van der Waals surface area contributed by atoms with Gasteiger partial charge in [-0.25, -0.2) is 0 Å². The van der Waals surface area contributed by atoms with Gasteiger partial charge in [-0.15, -0.1) is 0 Å². The summed E-state index contributed by atoms with van der Waals surface area (Å²) in [5, 5.41) is 13.7. The van der Waals surface area contributed by atoms with Crippen molar-refractivity contribution in [3.05, 3.63) is 36.1 Å². The highest BCUT2D eigenvalue weighted by molar-refractivity contribution is 5.80. The van der Waals surface area contributed by atoms with Crippen LogP contribution >= 0.6 is 0 Å². The standard InChI is InChI=1S/C17H20N2O/c18-11-13-5-7-15(8-6-13)19-10-9-14-12-20-17-4-2-1-3-16(14)17/h1-4,12-13,15,19H,5-10H2. The lowest BCUT2D eigenvalue weighted by atomic mass is 9.87. The predicted octanol–water partition coefficient (Wildman–Crippen LogP) is 3.65. The first-order valence-electron chi connectivity index (χ1n) is 7.45. The number of rotatable bonds is 4. The van der Waals surface area contributed by atoms with E-state index in [2.05, 4.69) is 23.5 Å².